The lowest BCUT2D eigenvalue weighted by Crippen LogP contribution is -2.42. The van der Waals surface area contributed by atoms with Crippen LogP contribution in [0.2, 0.25) is 0 Å². The van der Waals surface area contributed by atoms with Gasteiger partial charge in [0, 0.05) is 14.1 Å². The van der Waals surface area contributed by atoms with Gasteiger partial charge < -0.3 is 5.43 Å². The van der Waals surface area contributed by atoms with Crippen LogP contribution in [-0.4, -0.2) is 30.3 Å². The van der Waals surface area contributed by atoms with Crippen LogP contribution >= 0.6 is 12.2 Å². The van der Waals surface area contributed by atoms with Gasteiger partial charge in [0.05, 0.1) is 0 Å². The molecule has 0 bridgehead atoms. The summed E-state index contributed by atoms with van der Waals surface area (Å²) in [5, 5.41) is 1.13. The molecule has 0 rings (SSSR count). The lowest BCUT2D eigenvalue weighted by atomic mass is 10.6. The molecule has 0 aliphatic rings. The highest BCUT2D eigenvalue weighted by Gasteiger charge is 2.34. The van der Waals surface area contributed by atoms with Crippen LogP contribution in [0.3, 0.4) is 0 Å². The zero-order valence-electron chi connectivity index (χ0n) is 5.49. The standard InChI is InChI=1S/C4H7F3N2S/c1-9(2)8-3(10)4(5,6)7/h1-2H3,(H,8,10). The first-order valence-electron chi connectivity index (χ1n) is 2.39. The molecule has 0 fully saturated rings. The SMILES string of the molecule is CN(C)NC(=S)C(F)(F)F. The Morgan fingerprint density at radius 2 is 1.80 bits per heavy atom. The number of nitrogens with zero attached hydrogens (tertiary/aromatic N) is 1. The second-order valence-electron chi connectivity index (χ2n) is 1.83. The van der Waals surface area contributed by atoms with Gasteiger partial charge in [-0.15, -0.1) is 0 Å². The van der Waals surface area contributed by atoms with E-state index < -0.39 is 11.2 Å². The first-order valence-corrected chi connectivity index (χ1v) is 2.80. The first-order chi connectivity index (χ1) is 4.34. The second kappa shape index (κ2) is 3.16. The average Bonchev–Trinajstić information content (AvgIpc) is 1.60. The van der Waals surface area contributed by atoms with Crippen molar-refractivity contribution in [3.05, 3.63) is 0 Å². The summed E-state index contributed by atoms with van der Waals surface area (Å²) in [5.41, 5.74) is 1.92. The van der Waals surface area contributed by atoms with Crippen molar-refractivity contribution in [3.8, 4) is 0 Å². The molecule has 0 aliphatic heterocycles. The third-order valence-electron chi connectivity index (χ3n) is 0.583. The van der Waals surface area contributed by atoms with E-state index in [9.17, 15) is 13.2 Å². The van der Waals surface area contributed by atoms with Crippen molar-refractivity contribution in [2.45, 2.75) is 6.18 Å². The minimum absolute atomic E-state index is 1.13. The molecule has 0 aromatic rings. The Labute approximate surface area is 62.0 Å². The molecule has 0 aromatic carbocycles. The molecule has 0 heterocycles. The second-order valence-corrected chi connectivity index (χ2v) is 2.24. The maximum Gasteiger partial charge on any atom is 0.442 e. The van der Waals surface area contributed by atoms with Crippen molar-refractivity contribution >= 4 is 17.2 Å². The zero-order valence-corrected chi connectivity index (χ0v) is 6.31. The summed E-state index contributed by atoms with van der Waals surface area (Å²) in [5.74, 6) is 0. The van der Waals surface area contributed by atoms with Gasteiger partial charge in [0.1, 0.15) is 0 Å². The Balaban J connectivity index is 3.87. The van der Waals surface area contributed by atoms with Crippen LogP contribution in [0.15, 0.2) is 0 Å². The fourth-order valence-electron chi connectivity index (χ4n) is 0.266. The Bertz CT molecular complexity index is 131. The summed E-state index contributed by atoms with van der Waals surface area (Å²) in [4.78, 5) is -1.13. The van der Waals surface area contributed by atoms with Crippen LogP contribution in [-0.2, 0) is 0 Å². The van der Waals surface area contributed by atoms with Crippen molar-refractivity contribution in [2.24, 2.45) is 0 Å². The molecule has 0 atom stereocenters. The van der Waals surface area contributed by atoms with Gasteiger partial charge >= 0.3 is 6.18 Å². The predicted octanol–water partition coefficient (Wildman–Crippen LogP) is 0.942. The van der Waals surface area contributed by atoms with E-state index in [1.54, 1.807) is 0 Å². The van der Waals surface area contributed by atoms with Gasteiger partial charge in [0.15, 0.2) is 4.99 Å². The van der Waals surface area contributed by atoms with Gasteiger partial charge in [0.2, 0.25) is 0 Å². The molecule has 60 valence electrons. The molecule has 0 amide bonds. The number of nitrogens with one attached hydrogen (secondary N) is 1. The molecule has 2 nitrogen and oxygen atoms in total. The lowest BCUT2D eigenvalue weighted by Gasteiger charge is -2.15. The molecular weight excluding hydrogens is 165 g/mol. The van der Waals surface area contributed by atoms with Crippen molar-refractivity contribution in [1.29, 1.82) is 0 Å². The van der Waals surface area contributed by atoms with Gasteiger partial charge in [-0.2, -0.15) is 13.2 Å². The smallest absolute Gasteiger partial charge is 0.306 e. The number of thiocarbonyl (C=S) groups is 1. The fraction of sp³-hybridized carbons (Fsp3) is 0.750. The highest BCUT2D eigenvalue weighted by Crippen LogP contribution is 2.15. The third kappa shape index (κ3) is 3.62. The molecule has 0 aliphatic carbocycles. The summed E-state index contributed by atoms with van der Waals surface area (Å²) in [6, 6.07) is 0. The quantitative estimate of drug-likeness (QED) is 0.468. The van der Waals surface area contributed by atoms with E-state index in [0.29, 0.717) is 0 Å². The Hall–Kier alpha value is -0.360. The maximum absolute atomic E-state index is 11.6. The lowest BCUT2D eigenvalue weighted by molar-refractivity contribution is -0.0618. The summed E-state index contributed by atoms with van der Waals surface area (Å²) >= 11 is 3.99. The Kier molecular flexibility index (Phi) is 3.04. The minimum Gasteiger partial charge on any atom is -0.306 e. The third-order valence-corrected chi connectivity index (χ3v) is 0.905. The fourth-order valence-corrected chi connectivity index (χ4v) is 0.449. The first kappa shape index (κ1) is 9.64. The van der Waals surface area contributed by atoms with Crippen molar-refractivity contribution < 1.29 is 13.2 Å². The van der Waals surface area contributed by atoms with Gasteiger partial charge in [-0.25, -0.2) is 5.01 Å². The Morgan fingerprint density at radius 1 is 1.40 bits per heavy atom. The zero-order chi connectivity index (χ0) is 8.36. The van der Waals surface area contributed by atoms with E-state index in [1.807, 2.05) is 5.43 Å². The van der Waals surface area contributed by atoms with E-state index in [0.717, 1.165) is 5.01 Å². The van der Waals surface area contributed by atoms with Crippen molar-refractivity contribution in [1.82, 2.24) is 10.4 Å². The van der Waals surface area contributed by atoms with E-state index >= 15 is 0 Å². The highest BCUT2D eigenvalue weighted by atomic mass is 32.1. The number of hydrogen-bond donors (Lipinski definition) is 1. The Morgan fingerprint density at radius 3 is 1.90 bits per heavy atom. The van der Waals surface area contributed by atoms with E-state index in [1.165, 1.54) is 14.1 Å². The molecule has 0 spiro atoms. The number of rotatable bonds is 1. The summed E-state index contributed by atoms with van der Waals surface area (Å²) < 4.78 is 34.7. The maximum atomic E-state index is 11.6. The normalized spacial score (nSPS) is 11.8. The van der Waals surface area contributed by atoms with E-state index in [-0.39, 0.29) is 0 Å². The topological polar surface area (TPSA) is 15.3 Å². The predicted molar refractivity (Wildman–Crippen MR) is 35.5 cm³/mol. The number of hydrazine groups is 1. The average molecular weight is 172 g/mol. The van der Waals surface area contributed by atoms with Crippen LogP contribution in [0.4, 0.5) is 13.2 Å². The van der Waals surface area contributed by atoms with Crippen molar-refractivity contribution in [2.75, 3.05) is 14.1 Å². The molecule has 0 unspecified atom stereocenters. The molecule has 0 radical (unpaired) electrons. The molecule has 1 N–H and O–H groups in total. The molecule has 0 saturated carbocycles. The molecule has 0 aromatic heterocycles. The summed E-state index contributed by atoms with van der Waals surface area (Å²) in [6.07, 6.45) is -4.43. The van der Waals surface area contributed by atoms with Crippen molar-refractivity contribution in [3.63, 3.8) is 0 Å². The minimum atomic E-state index is -4.43. The molecular formula is C4H7F3N2S. The van der Waals surface area contributed by atoms with Gasteiger partial charge in [0.25, 0.3) is 0 Å². The number of hydrogen-bond acceptors (Lipinski definition) is 2. The van der Waals surface area contributed by atoms with Gasteiger partial charge in [-0.1, -0.05) is 12.2 Å². The monoisotopic (exact) mass is 172 g/mol. The molecule has 0 saturated heterocycles. The summed E-state index contributed by atoms with van der Waals surface area (Å²) in [6.45, 7) is 0. The molecule has 6 heteroatoms. The number of halogens is 3. The van der Waals surface area contributed by atoms with Crippen LogP contribution < -0.4 is 5.43 Å². The van der Waals surface area contributed by atoms with E-state index in [2.05, 4.69) is 12.2 Å². The van der Waals surface area contributed by atoms with Crippen LogP contribution in [0.25, 0.3) is 0 Å². The summed E-state index contributed by atoms with van der Waals surface area (Å²) in [7, 11) is 2.86. The van der Waals surface area contributed by atoms with Crippen LogP contribution in [0.5, 0.6) is 0 Å². The van der Waals surface area contributed by atoms with E-state index in [4.69, 9.17) is 0 Å². The highest BCUT2D eigenvalue weighted by molar-refractivity contribution is 7.80. The largest absolute Gasteiger partial charge is 0.442 e. The molecule has 10 heavy (non-hydrogen) atoms. The van der Waals surface area contributed by atoms with Crippen LogP contribution in [0.1, 0.15) is 0 Å². The number of alkyl halides is 3. The van der Waals surface area contributed by atoms with Gasteiger partial charge in [-0.3, -0.25) is 0 Å². The van der Waals surface area contributed by atoms with Crippen LogP contribution in [0, 0.1) is 0 Å². The van der Waals surface area contributed by atoms with Gasteiger partial charge in [-0.05, 0) is 0 Å².